The van der Waals surface area contributed by atoms with E-state index in [1.165, 1.54) is 0 Å². The molecule has 0 N–H and O–H groups in total. The molecule has 0 unspecified atom stereocenters. The first-order chi connectivity index (χ1) is 6.67. The smallest absolute Gasteiger partial charge is 0.0580 e. The van der Waals surface area contributed by atoms with Gasteiger partial charge in [0.2, 0.25) is 0 Å². The van der Waals surface area contributed by atoms with Gasteiger partial charge in [-0.2, -0.15) is 0 Å². The van der Waals surface area contributed by atoms with E-state index in [-0.39, 0.29) is 4.83 Å². The number of hydrogen-bond donors (Lipinski definition) is 0. The van der Waals surface area contributed by atoms with Gasteiger partial charge in [0.05, 0.1) is 6.02 Å². The second-order valence-corrected chi connectivity index (χ2v) is 3.83. The van der Waals surface area contributed by atoms with E-state index in [4.69, 9.17) is 6.90 Å². The largest absolute Gasteiger partial charge is 0.0888 e. The fourth-order valence-electron chi connectivity index (χ4n) is 1.55. The minimum atomic E-state index is -1.11. The fraction of sp³-hybridized carbons (Fsp3) is 0.333. The molecule has 1 aromatic rings. The number of benzene rings is 1. The van der Waals surface area contributed by atoms with Crippen molar-refractivity contribution in [1.82, 2.24) is 0 Å². The highest BCUT2D eigenvalue weighted by atomic mass is 79.9. The van der Waals surface area contributed by atoms with Crippen LogP contribution in [0.15, 0.2) is 29.4 Å². The van der Waals surface area contributed by atoms with E-state index in [1.54, 1.807) is 0 Å². The maximum atomic E-state index is 8.41. The molecule has 0 saturated carbocycles. The number of fused-ring (bicyclic) bond motifs is 1. The third-order valence-corrected chi connectivity index (χ3v) is 3.19. The number of hydrogen-bond acceptors (Lipinski definition) is 1. The number of rotatable bonds is 1. The first-order valence-corrected chi connectivity index (χ1v) is 4.87. The van der Waals surface area contributed by atoms with Gasteiger partial charge in [-0.05, 0) is 23.1 Å². The molecule has 4 heteroatoms. The Labute approximate surface area is 85.9 Å². The molecule has 0 amide bonds. The SMILES string of the molecule is [2H][C@]1(N=[N+]=[N-])Cc2ccccc2[C@@H]1Br. The van der Waals surface area contributed by atoms with Gasteiger partial charge in [-0.1, -0.05) is 45.3 Å². The first-order valence-electron chi connectivity index (χ1n) is 4.45. The van der Waals surface area contributed by atoms with Crippen molar-refractivity contribution in [2.24, 2.45) is 5.11 Å². The maximum Gasteiger partial charge on any atom is 0.0580 e. The highest BCUT2D eigenvalue weighted by Gasteiger charge is 2.28. The van der Waals surface area contributed by atoms with Crippen LogP contribution in [0.1, 0.15) is 17.3 Å². The van der Waals surface area contributed by atoms with Crippen LogP contribution in [-0.4, -0.2) is 6.02 Å². The minimum absolute atomic E-state index is 0.206. The average Bonchev–Trinajstić information content (AvgIpc) is 2.41. The van der Waals surface area contributed by atoms with Crippen LogP contribution in [0, 0.1) is 0 Å². The predicted octanol–water partition coefficient (Wildman–Crippen LogP) is 3.36. The van der Waals surface area contributed by atoms with Crippen LogP contribution in [-0.2, 0) is 6.42 Å². The van der Waals surface area contributed by atoms with E-state index in [2.05, 4.69) is 26.0 Å². The molecule has 0 spiro atoms. The topological polar surface area (TPSA) is 48.8 Å². The molecule has 1 aromatic carbocycles. The molecular formula is C9H8BrN3. The molecule has 0 saturated heterocycles. The van der Waals surface area contributed by atoms with Crippen molar-refractivity contribution in [3.63, 3.8) is 0 Å². The van der Waals surface area contributed by atoms with Gasteiger partial charge in [-0.15, -0.1) is 0 Å². The van der Waals surface area contributed by atoms with Gasteiger partial charge < -0.3 is 0 Å². The quantitative estimate of drug-likeness (QED) is 0.312. The molecule has 13 heavy (non-hydrogen) atoms. The highest BCUT2D eigenvalue weighted by molar-refractivity contribution is 9.09. The molecule has 0 aliphatic heterocycles. The third-order valence-electron chi connectivity index (χ3n) is 2.17. The number of halogens is 1. The standard InChI is InChI=1S/C9H8BrN3/c10-9-7-4-2-1-3-6(7)5-8(9)12-13-11/h1-4,8-9H,5H2/t8-,9-/m0/s1/i8D. The summed E-state index contributed by atoms with van der Waals surface area (Å²) in [5, 5.41) is 3.55. The van der Waals surface area contributed by atoms with Gasteiger partial charge in [-0.25, -0.2) is 0 Å². The summed E-state index contributed by atoms with van der Waals surface area (Å²) in [7, 11) is 0. The zero-order valence-electron chi connectivity index (χ0n) is 7.81. The van der Waals surface area contributed by atoms with Gasteiger partial charge in [0.15, 0.2) is 0 Å². The molecule has 0 aromatic heterocycles. The fourth-order valence-corrected chi connectivity index (χ4v) is 2.25. The summed E-state index contributed by atoms with van der Waals surface area (Å²) in [5.41, 5.74) is 10.5. The molecule has 1 aliphatic carbocycles. The number of alkyl halides is 1. The summed E-state index contributed by atoms with van der Waals surface area (Å²) in [6.45, 7) is 0. The normalized spacial score (nSPS) is 31.8. The van der Waals surface area contributed by atoms with E-state index < -0.39 is 6.02 Å². The van der Waals surface area contributed by atoms with Crippen molar-refractivity contribution < 1.29 is 1.37 Å². The monoisotopic (exact) mass is 238 g/mol. The van der Waals surface area contributed by atoms with E-state index in [0.29, 0.717) is 6.42 Å². The molecule has 0 fully saturated rings. The van der Waals surface area contributed by atoms with Crippen molar-refractivity contribution in [2.75, 3.05) is 0 Å². The van der Waals surface area contributed by atoms with Gasteiger partial charge >= 0.3 is 0 Å². The Morgan fingerprint density at radius 2 is 2.38 bits per heavy atom. The average molecular weight is 239 g/mol. The van der Waals surface area contributed by atoms with E-state index in [0.717, 1.165) is 11.1 Å². The number of azide groups is 1. The first kappa shape index (κ1) is 7.42. The predicted molar refractivity (Wildman–Crippen MR) is 54.7 cm³/mol. The molecule has 0 bridgehead atoms. The summed E-state index contributed by atoms with van der Waals surface area (Å²) in [5.74, 6) is 0. The molecule has 1 aliphatic rings. The highest BCUT2D eigenvalue weighted by Crippen LogP contribution is 2.39. The summed E-state index contributed by atoms with van der Waals surface area (Å²) in [6.07, 6.45) is 0.475. The van der Waals surface area contributed by atoms with Gasteiger partial charge in [0.25, 0.3) is 0 Å². The van der Waals surface area contributed by atoms with Gasteiger partial charge in [-0.3, -0.25) is 0 Å². The Morgan fingerprint density at radius 1 is 1.62 bits per heavy atom. The van der Waals surface area contributed by atoms with E-state index in [1.807, 2.05) is 24.3 Å². The molecule has 3 nitrogen and oxygen atoms in total. The molecule has 66 valence electrons. The van der Waals surface area contributed by atoms with Crippen LogP contribution in [0.5, 0.6) is 0 Å². The molecule has 0 radical (unpaired) electrons. The molecule has 2 atom stereocenters. The van der Waals surface area contributed by atoms with Crippen LogP contribution >= 0.6 is 15.9 Å². The lowest BCUT2D eigenvalue weighted by Gasteiger charge is -2.06. The zero-order valence-corrected chi connectivity index (χ0v) is 8.40. The maximum absolute atomic E-state index is 8.41. The Bertz CT molecular complexity index is 416. The summed E-state index contributed by atoms with van der Waals surface area (Å²) >= 11 is 3.41. The van der Waals surface area contributed by atoms with Gasteiger partial charge in [0, 0.05) is 11.1 Å². The Morgan fingerprint density at radius 3 is 3.08 bits per heavy atom. The third kappa shape index (κ3) is 1.43. The van der Waals surface area contributed by atoms with Crippen LogP contribution in [0.4, 0.5) is 0 Å². The van der Waals surface area contributed by atoms with Gasteiger partial charge in [0.1, 0.15) is 0 Å². The second-order valence-electron chi connectivity index (χ2n) is 2.92. The van der Waals surface area contributed by atoms with E-state index >= 15 is 0 Å². The second kappa shape index (κ2) is 3.40. The molecule has 0 heterocycles. The summed E-state index contributed by atoms with van der Waals surface area (Å²) in [6, 6.07) is 6.67. The minimum Gasteiger partial charge on any atom is -0.0888 e. The van der Waals surface area contributed by atoms with Crippen LogP contribution in [0.3, 0.4) is 0 Å². The Hall–Kier alpha value is -0.990. The lowest BCUT2D eigenvalue weighted by molar-refractivity contribution is 0.709. The van der Waals surface area contributed by atoms with Crippen molar-refractivity contribution in [1.29, 1.82) is 0 Å². The summed E-state index contributed by atoms with van der Waals surface area (Å²) in [4.78, 5) is 2.52. The molecular weight excluding hydrogens is 230 g/mol. The Balaban J connectivity index is 2.48. The summed E-state index contributed by atoms with van der Waals surface area (Å²) < 4.78 is 8.00. The van der Waals surface area contributed by atoms with E-state index in [9.17, 15) is 0 Å². The lowest BCUT2D eigenvalue weighted by Crippen LogP contribution is -2.03. The zero-order chi connectivity index (χ0) is 10.2. The van der Waals surface area contributed by atoms with Crippen molar-refractivity contribution in [3.8, 4) is 0 Å². The van der Waals surface area contributed by atoms with Crippen molar-refractivity contribution in [3.05, 3.63) is 45.8 Å². The molecule has 2 rings (SSSR count). The van der Waals surface area contributed by atoms with Crippen molar-refractivity contribution in [2.45, 2.75) is 17.3 Å². The van der Waals surface area contributed by atoms with Crippen molar-refractivity contribution >= 4 is 15.9 Å². The Kier molecular flexibility index (Phi) is 1.94. The van der Waals surface area contributed by atoms with Crippen LogP contribution < -0.4 is 0 Å². The number of nitrogens with zero attached hydrogens (tertiary/aromatic N) is 3. The van der Waals surface area contributed by atoms with Crippen LogP contribution in [0.25, 0.3) is 10.4 Å². The lowest BCUT2D eigenvalue weighted by atomic mass is 10.1. The van der Waals surface area contributed by atoms with Crippen LogP contribution in [0.2, 0.25) is 0 Å².